The molecule has 1 nitrogen and oxygen atoms in total. The summed E-state index contributed by atoms with van der Waals surface area (Å²) < 4.78 is 27.0. The van der Waals surface area contributed by atoms with Gasteiger partial charge in [-0.25, -0.2) is 8.78 Å². The molecule has 0 bridgehead atoms. The Balaban J connectivity index is 2.31. The molecule has 0 aliphatic heterocycles. The number of hydrogen-bond donors (Lipinski definition) is 1. The summed E-state index contributed by atoms with van der Waals surface area (Å²) in [4.78, 5) is 0. The second-order valence-electron chi connectivity index (χ2n) is 6.87. The molecular weight excluding hydrogens is 280 g/mol. The first-order valence-electron chi connectivity index (χ1n) is 7.82. The molecule has 0 aromatic heterocycles. The molecule has 0 unspecified atom stereocenters. The molecule has 1 aromatic carbocycles. The van der Waals surface area contributed by atoms with Crippen molar-refractivity contribution in [2.24, 2.45) is 0 Å². The van der Waals surface area contributed by atoms with Gasteiger partial charge in [-0.2, -0.15) is 0 Å². The lowest BCUT2D eigenvalue weighted by atomic mass is 9.78. The number of halogens is 2. The first-order valence-corrected chi connectivity index (χ1v) is 7.82. The van der Waals surface area contributed by atoms with Crippen LogP contribution in [0.5, 0.6) is 0 Å². The van der Waals surface area contributed by atoms with Crippen molar-refractivity contribution in [1.82, 2.24) is 5.32 Å². The Morgan fingerprint density at radius 2 is 1.82 bits per heavy atom. The highest BCUT2D eigenvalue weighted by Crippen LogP contribution is 2.33. The minimum atomic E-state index is -0.791. The summed E-state index contributed by atoms with van der Waals surface area (Å²) in [7, 11) is 0. The normalized spacial score (nSPS) is 17.0. The molecule has 0 radical (unpaired) electrons. The Morgan fingerprint density at radius 1 is 1.18 bits per heavy atom. The van der Waals surface area contributed by atoms with Crippen LogP contribution in [0.15, 0.2) is 29.5 Å². The van der Waals surface area contributed by atoms with Crippen LogP contribution >= 0.6 is 0 Å². The van der Waals surface area contributed by atoms with Crippen LogP contribution in [0, 0.1) is 18.6 Å². The maximum Gasteiger partial charge on any atom is 0.161 e. The molecule has 1 aliphatic rings. The highest BCUT2D eigenvalue weighted by Gasteiger charge is 2.31. The summed E-state index contributed by atoms with van der Waals surface area (Å²) >= 11 is 0. The Kier molecular flexibility index (Phi) is 4.74. The van der Waals surface area contributed by atoms with E-state index in [0.29, 0.717) is 5.56 Å². The van der Waals surface area contributed by atoms with E-state index in [1.165, 1.54) is 30.9 Å². The van der Waals surface area contributed by atoms with Gasteiger partial charge in [0.05, 0.1) is 0 Å². The fraction of sp³-hybridized carbons (Fsp3) is 0.474. The van der Waals surface area contributed by atoms with E-state index < -0.39 is 11.6 Å². The third-order valence-corrected chi connectivity index (χ3v) is 4.46. The zero-order valence-corrected chi connectivity index (χ0v) is 14.1. The van der Waals surface area contributed by atoms with Gasteiger partial charge in [-0.1, -0.05) is 5.57 Å². The van der Waals surface area contributed by atoms with E-state index in [1.54, 1.807) is 13.0 Å². The highest BCUT2D eigenvalue weighted by atomic mass is 19.2. The van der Waals surface area contributed by atoms with Crippen molar-refractivity contribution in [3.05, 3.63) is 52.2 Å². The van der Waals surface area contributed by atoms with E-state index in [2.05, 4.69) is 26.1 Å². The Morgan fingerprint density at radius 3 is 2.27 bits per heavy atom. The lowest BCUT2D eigenvalue weighted by Crippen LogP contribution is -2.47. The molecule has 1 saturated carbocycles. The molecule has 2 rings (SSSR count). The number of hydrogen-bond acceptors (Lipinski definition) is 1. The van der Waals surface area contributed by atoms with Crippen molar-refractivity contribution in [3.63, 3.8) is 0 Å². The summed E-state index contributed by atoms with van der Waals surface area (Å²) in [6, 6.07) is 2.96. The zero-order chi connectivity index (χ0) is 16.5. The summed E-state index contributed by atoms with van der Waals surface area (Å²) in [6.07, 6.45) is 5.62. The molecule has 0 spiro atoms. The largest absolute Gasteiger partial charge is 0.380 e. The predicted molar refractivity (Wildman–Crippen MR) is 88.5 cm³/mol. The summed E-state index contributed by atoms with van der Waals surface area (Å²) in [5.41, 5.74) is 4.39. The second-order valence-corrected chi connectivity index (χ2v) is 6.87. The molecule has 1 aromatic rings. The minimum absolute atomic E-state index is 0.160. The van der Waals surface area contributed by atoms with Crippen molar-refractivity contribution in [3.8, 4) is 0 Å². The Bertz CT molecular complexity index is 610. The molecule has 1 N–H and O–H groups in total. The van der Waals surface area contributed by atoms with Crippen LogP contribution in [0.4, 0.5) is 8.78 Å². The summed E-state index contributed by atoms with van der Waals surface area (Å²) in [5, 5.41) is 3.61. The van der Waals surface area contributed by atoms with Gasteiger partial charge in [0, 0.05) is 11.2 Å². The maximum atomic E-state index is 13.6. The highest BCUT2D eigenvalue weighted by molar-refractivity contribution is 5.67. The molecule has 0 amide bonds. The average molecular weight is 305 g/mol. The third kappa shape index (κ3) is 3.57. The lowest BCUT2D eigenvalue weighted by molar-refractivity contribution is 0.229. The first-order chi connectivity index (χ1) is 10.2. The lowest BCUT2D eigenvalue weighted by Gasteiger charge is -2.41. The molecule has 0 atom stereocenters. The van der Waals surface area contributed by atoms with Gasteiger partial charge in [-0.05, 0) is 88.8 Å². The molecule has 1 aliphatic carbocycles. The number of aryl methyl sites for hydroxylation is 1. The van der Waals surface area contributed by atoms with Gasteiger partial charge in [0.1, 0.15) is 0 Å². The number of allylic oxidation sites excluding steroid dienone is 3. The standard InChI is InChI=1S/C19H25F2N/c1-12(2)17(22-19(5)7-6-8-19)10-13(3)15-9-14(4)18(21)16(20)11-15/h9-11,22H,6-8H2,1-5H3/b13-10+. The van der Waals surface area contributed by atoms with Crippen molar-refractivity contribution >= 4 is 5.57 Å². The van der Waals surface area contributed by atoms with E-state index >= 15 is 0 Å². The fourth-order valence-corrected chi connectivity index (χ4v) is 2.72. The second kappa shape index (κ2) is 6.23. The molecule has 120 valence electrons. The van der Waals surface area contributed by atoms with E-state index in [4.69, 9.17) is 0 Å². The van der Waals surface area contributed by atoms with E-state index in [0.717, 1.165) is 16.8 Å². The van der Waals surface area contributed by atoms with Crippen LogP contribution in [0.2, 0.25) is 0 Å². The van der Waals surface area contributed by atoms with Crippen LogP contribution in [0.3, 0.4) is 0 Å². The molecule has 22 heavy (non-hydrogen) atoms. The molecule has 1 fully saturated rings. The van der Waals surface area contributed by atoms with Crippen LogP contribution in [0.25, 0.3) is 5.57 Å². The van der Waals surface area contributed by atoms with Crippen LogP contribution < -0.4 is 5.32 Å². The van der Waals surface area contributed by atoms with Crippen LogP contribution in [-0.2, 0) is 0 Å². The van der Waals surface area contributed by atoms with E-state index in [1.807, 2.05) is 13.0 Å². The Labute approximate surface area is 132 Å². The number of rotatable bonds is 4. The van der Waals surface area contributed by atoms with Gasteiger partial charge in [0.25, 0.3) is 0 Å². The molecule has 0 saturated heterocycles. The van der Waals surface area contributed by atoms with Gasteiger partial charge in [0.15, 0.2) is 11.6 Å². The topological polar surface area (TPSA) is 12.0 Å². The van der Waals surface area contributed by atoms with Crippen molar-refractivity contribution in [2.45, 2.75) is 59.4 Å². The maximum absolute atomic E-state index is 13.6. The third-order valence-electron chi connectivity index (χ3n) is 4.46. The fourth-order valence-electron chi connectivity index (χ4n) is 2.72. The summed E-state index contributed by atoms with van der Waals surface area (Å²) in [6.45, 7) is 9.87. The molecule has 0 heterocycles. The van der Waals surface area contributed by atoms with Gasteiger partial charge in [0.2, 0.25) is 0 Å². The number of benzene rings is 1. The van der Waals surface area contributed by atoms with Crippen molar-refractivity contribution in [1.29, 1.82) is 0 Å². The minimum Gasteiger partial charge on any atom is -0.380 e. The zero-order valence-electron chi connectivity index (χ0n) is 14.1. The van der Waals surface area contributed by atoms with E-state index in [-0.39, 0.29) is 5.54 Å². The van der Waals surface area contributed by atoms with Gasteiger partial charge < -0.3 is 5.32 Å². The van der Waals surface area contributed by atoms with Gasteiger partial charge in [-0.3, -0.25) is 0 Å². The van der Waals surface area contributed by atoms with E-state index in [9.17, 15) is 8.78 Å². The number of nitrogens with one attached hydrogen (secondary N) is 1. The van der Waals surface area contributed by atoms with Gasteiger partial charge >= 0.3 is 0 Å². The smallest absolute Gasteiger partial charge is 0.161 e. The van der Waals surface area contributed by atoms with Gasteiger partial charge in [-0.15, -0.1) is 0 Å². The van der Waals surface area contributed by atoms with Crippen LogP contribution in [-0.4, -0.2) is 5.54 Å². The first kappa shape index (κ1) is 16.7. The SMILES string of the molecule is CC(C)=C(/C=C(\C)c1cc(C)c(F)c(F)c1)NC1(C)CCC1. The average Bonchev–Trinajstić information content (AvgIpc) is 2.41. The van der Waals surface area contributed by atoms with Crippen LogP contribution in [0.1, 0.15) is 58.1 Å². The predicted octanol–water partition coefficient (Wildman–Crippen LogP) is 5.50. The van der Waals surface area contributed by atoms with Crippen molar-refractivity contribution < 1.29 is 8.78 Å². The molecule has 3 heteroatoms. The quantitative estimate of drug-likeness (QED) is 0.724. The van der Waals surface area contributed by atoms with Crippen molar-refractivity contribution in [2.75, 3.05) is 0 Å². The molecular formula is C19H25F2N. The summed E-state index contributed by atoms with van der Waals surface area (Å²) in [5.74, 6) is -1.56. The Hall–Kier alpha value is -1.64. The monoisotopic (exact) mass is 305 g/mol.